The molecule has 0 aliphatic carbocycles. The number of hydrazone groups is 1. The number of unbranched alkanes of at least 4 members (excludes halogenated alkanes) is 5. The van der Waals surface area contributed by atoms with Crippen molar-refractivity contribution in [1.82, 2.24) is 5.43 Å². The molecule has 0 fully saturated rings. The number of hydrogen-bond acceptors (Lipinski definition) is 4. The van der Waals surface area contributed by atoms with E-state index in [1.54, 1.807) is 18.3 Å². The van der Waals surface area contributed by atoms with Gasteiger partial charge in [-0.25, -0.2) is 5.43 Å². The van der Waals surface area contributed by atoms with Gasteiger partial charge in [0.1, 0.15) is 0 Å². The van der Waals surface area contributed by atoms with Crippen molar-refractivity contribution in [3.63, 3.8) is 0 Å². The van der Waals surface area contributed by atoms with Crippen molar-refractivity contribution in [3.05, 3.63) is 57.6 Å². The minimum absolute atomic E-state index is 0.251. The molecule has 0 aliphatic rings. The smallest absolute Gasteiger partial charge is 0.271 e. The van der Waals surface area contributed by atoms with E-state index >= 15 is 0 Å². The predicted molar refractivity (Wildman–Crippen MR) is 130 cm³/mol. The highest BCUT2D eigenvalue weighted by molar-refractivity contribution is 9.10. The maximum atomic E-state index is 12.2. The van der Waals surface area contributed by atoms with E-state index in [0.29, 0.717) is 30.3 Å². The van der Waals surface area contributed by atoms with Crippen molar-refractivity contribution in [2.75, 3.05) is 13.2 Å². The molecule has 0 radical (unpaired) electrons. The van der Waals surface area contributed by atoms with E-state index in [4.69, 9.17) is 9.47 Å². The Morgan fingerprint density at radius 1 is 1.03 bits per heavy atom. The Morgan fingerprint density at radius 2 is 1.74 bits per heavy atom. The molecule has 6 heteroatoms. The van der Waals surface area contributed by atoms with E-state index in [9.17, 15) is 4.79 Å². The average Bonchev–Trinajstić information content (AvgIpc) is 2.75. The molecular formula is C25H33BrN2O3. The van der Waals surface area contributed by atoms with Gasteiger partial charge in [-0.1, -0.05) is 56.7 Å². The quantitative estimate of drug-likeness (QED) is 0.195. The molecule has 0 bridgehead atoms. The van der Waals surface area contributed by atoms with Crippen LogP contribution in [0.2, 0.25) is 0 Å². The highest BCUT2D eigenvalue weighted by Crippen LogP contribution is 2.36. The zero-order valence-corrected chi connectivity index (χ0v) is 20.3. The molecular weight excluding hydrogens is 456 g/mol. The van der Waals surface area contributed by atoms with Crippen LogP contribution in [-0.2, 0) is 0 Å². The van der Waals surface area contributed by atoms with Crippen LogP contribution in [0.4, 0.5) is 0 Å². The summed E-state index contributed by atoms with van der Waals surface area (Å²) < 4.78 is 12.6. The van der Waals surface area contributed by atoms with Crippen LogP contribution in [0.15, 0.2) is 46.0 Å². The van der Waals surface area contributed by atoms with Crippen LogP contribution in [-0.4, -0.2) is 25.3 Å². The molecule has 0 atom stereocenters. The largest absolute Gasteiger partial charge is 0.490 e. The molecule has 0 spiro atoms. The summed E-state index contributed by atoms with van der Waals surface area (Å²) in [6, 6.07) is 11.1. The first-order valence-electron chi connectivity index (χ1n) is 11.0. The summed E-state index contributed by atoms with van der Waals surface area (Å²) in [5.41, 5.74) is 5.03. The molecule has 168 valence electrons. The first-order valence-corrected chi connectivity index (χ1v) is 11.8. The molecule has 2 aromatic carbocycles. The second-order valence-electron chi connectivity index (χ2n) is 7.44. The summed E-state index contributed by atoms with van der Waals surface area (Å²) in [6.45, 7) is 7.33. The number of carbonyl (C=O) groups excluding carboxylic acids is 1. The van der Waals surface area contributed by atoms with Crippen LogP contribution in [0, 0.1) is 6.92 Å². The third-order valence-electron chi connectivity index (χ3n) is 4.77. The van der Waals surface area contributed by atoms with Crippen molar-refractivity contribution in [1.29, 1.82) is 0 Å². The number of rotatable bonds is 13. The molecule has 31 heavy (non-hydrogen) atoms. The minimum atomic E-state index is -0.251. The van der Waals surface area contributed by atoms with Crippen molar-refractivity contribution in [3.8, 4) is 11.5 Å². The first-order chi connectivity index (χ1) is 15.0. The number of nitrogens with one attached hydrogen (secondary N) is 1. The summed E-state index contributed by atoms with van der Waals surface area (Å²) in [7, 11) is 0. The number of carbonyl (C=O) groups is 1. The highest BCUT2D eigenvalue weighted by Gasteiger charge is 2.12. The summed E-state index contributed by atoms with van der Waals surface area (Å²) in [4.78, 5) is 12.2. The number of halogens is 1. The number of benzene rings is 2. The van der Waals surface area contributed by atoms with Gasteiger partial charge < -0.3 is 9.47 Å². The monoisotopic (exact) mass is 488 g/mol. The highest BCUT2D eigenvalue weighted by atomic mass is 79.9. The Hall–Kier alpha value is -2.34. The summed E-state index contributed by atoms with van der Waals surface area (Å²) >= 11 is 3.58. The lowest BCUT2D eigenvalue weighted by atomic mass is 10.1. The van der Waals surface area contributed by atoms with E-state index in [-0.39, 0.29) is 5.91 Å². The van der Waals surface area contributed by atoms with Gasteiger partial charge in [0.15, 0.2) is 11.5 Å². The van der Waals surface area contributed by atoms with Crippen molar-refractivity contribution in [2.45, 2.75) is 59.3 Å². The number of aryl methyl sites for hydroxylation is 1. The number of amides is 1. The van der Waals surface area contributed by atoms with Crippen LogP contribution in [0.1, 0.15) is 73.9 Å². The third kappa shape index (κ3) is 8.74. The van der Waals surface area contributed by atoms with Gasteiger partial charge >= 0.3 is 0 Å². The predicted octanol–water partition coefficient (Wildman–Crippen LogP) is 6.66. The summed E-state index contributed by atoms with van der Waals surface area (Å²) in [5.74, 6) is 1.12. The van der Waals surface area contributed by atoms with Gasteiger partial charge in [0.2, 0.25) is 0 Å². The van der Waals surface area contributed by atoms with E-state index in [1.165, 1.54) is 32.1 Å². The molecule has 0 saturated carbocycles. The van der Waals surface area contributed by atoms with Gasteiger partial charge in [-0.2, -0.15) is 5.10 Å². The van der Waals surface area contributed by atoms with Crippen LogP contribution in [0.3, 0.4) is 0 Å². The molecule has 1 N–H and O–H groups in total. The first kappa shape index (κ1) is 24.9. The number of nitrogens with zero attached hydrogens (tertiary/aromatic N) is 1. The van der Waals surface area contributed by atoms with E-state index in [2.05, 4.69) is 33.4 Å². The Labute approximate surface area is 194 Å². The second-order valence-corrected chi connectivity index (χ2v) is 8.30. The topological polar surface area (TPSA) is 59.9 Å². The zero-order chi connectivity index (χ0) is 22.5. The molecule has 5 nitrogen and oxygen atoms in total. The Kier molecular flexibility index (Phi) is 11.1. The van der Waals surface area contributed by atoms with Gasteiger partial charge in [-0.3, -0.25) is 4.79 Å². The van der Waals surface area contributed by atoms with Gasteiger partial charge in [-0.15, -0.1) is 0 Å². The molecule has 0 unspecified atom stereocenters. The second kappa shape index (κ2) is 13.9. The van der Waals surface area contributed by atoms with Crippen LogP contribution >= 0.6 is 15.9 Å². The standard InChI is InChI=1S/C25H33BrN2O3/c1-4-6-7-8-9-10-15-31-24-22(26)16-20(17-23(24)30-5-2)18-27-28-25(29)21-13-11-19(3)12-14-21/h11-14,16-18H,4-10,15H2,1-3H3,(H,28,29)/b27-18+. The van der Waals surface area contributed by atoms with E-state index in [0.717, 1.165) is 22.0 Å². The van der Waals surface area contributed by atoms with Gasteiger partial charge in [-0.05, 0) is 66.0 Å². The van der Waals surface area contributed by atoms with Crippen molar-refractivity contribution >= 4 is 28.1 Å². The summed E-state index contributed by atoms with van der Waals surface area (Å²) in [6.07, 6.45) is 8.89. The molecule has 0 aromatic heterocycles. The molecule has 0 saturated heterocycles. The lowest BCUT2D eigenvalue weighted by molar-refractivity contribution is 0.0955. The van der Waals surface area contributed by atoms with Crippen molar-refractivity contribution in [2.24, 2.45) is 5.10 Å². The molecule has 1 amide bonds. The average molecular weight is 489 g/mol. The Morgan fingerprint density at radius 3 is 2.45 bits per heavy atom. The van der Waals surface area contributed by atoms with Crippen LogP contribution < -0.4 is 14.9 Å². The molecule has 2 aromatic rings. The van der Waals surface area contributed by atoms with Crippen molar-refractivity contribution < 1.29 is 14.3 Å². The van der Waals surface area contributed by atoms with E-state index in [1.807, 2.05) is 38.1 Å². The van der Waals surface area contributed by atoms with Gasteiger partial charge in [0.25, 0.3) is 5.91 Å². The number of ether oxygens (including phenoxy) is 2. The van der Waals surface area contributed by atoms with E-state index < -0.39 is 0 Å². The number of hydrogen-bond donors (Lipinski definition) is 1. The normalized spacial score (nSPS) is 11.0. The fourth-order valence-corrected chi connectivity index (χ4v) is 3.63. The Bertz CT molecular complexity index is 851. The maximum absolute atomic E-state index is 12.2. The molecule has 0 heterocycles. The van der Waals surface area contributed by atoms with Crippen LogP contribution in [0.25, 0.3) is 0 Å². The SMILES string of the molecule is CCCCCCCCOc1c(Br)cc(/C=N/NC(=O)c2ccc(C)cc2)cc1OCC. The molecule has 0 aliphatic heterocycles. The summed E-state index contributed by atoms with van der Waals surface area (Å²) in [5, 5.41) is 4.08. The van der Waals surface area contributed by atoms with Gasteiger partial charge in [0.05, 0.1) is 23.9 Å². The fourth-order valence-electron chi connectivity index (χ4n) is 3.06. The lowest BCUT2D eigenvalue weighted by Gasteiger charge is -2.14. The molecule has 2 rings (SSSR count). The Balaban J connectivity index is 1.95. The zero-order valence-electron chi connectivity index (χ0n) is 18.7. The fraction of sp³-hybridized carbons (Fsp3) is 0.440. The maximum Gasteiger partial charge on any atom is 0.271 e. The lowest BCUT2D eigenvalue weighted by Crippen LogP contribution is -2.17. The third-order valence-corrected chi connectivity index (χ3v) is 5.36. The minimum Gasteiger partial charge on any atom is -0.490 e. The van der Waals surface area contributed by atoms with Crippen LogP contribution in [0.5, 0.6) is 11.5 Å². The van der Waals surface area contributed by atoms with Gasteiger partial charge in [0, 0.05) is 5.56 Å².